The minimum atomic E-state index is 0.854. The van der Waals surface area contributed by atoms with Crippen LogP contribution in [0.3, 0.4) is 0 Å². The zero-order valence-corrected chi connectivity index (χ0v) is 12.2. The molecule has 1 aromatic carbocycles. The number of nitrogens with zero attached hydrogens (tertiary/aromatic N) is 1. The van der Waals surface area contributed by atoms with E-state index in [0.717, 1.165) is 5.92 Å². The number of benzene rings is 1. The molecule has 18 heavy (non-hydrogen) atoms. The molecule has 0 amide bonds. The van der Waals surface area contributed by atoms with Crippen LogP contribution in [0.15, 0.2) is 12.1 Å². The van der Waals surface area contributed by atoms with E-state index in [0.29, 0.717) is 0 Å². The van der Waals surface area contributed by atoms with Gasteiger partial charge in [-0.15, -0.1) is 0 Å². The third-order valence-corrected chi connectivity index (χ3v) is 4.14. The van der Waals surface area contributed by atoms with Gasteiger partial charge in [-0.05, 0) is 74.9 Å². The highest BCUT2D eigenvalue weighted by Gasteiger charge is 2.16. The molecule has 0 bridgehead atoms. The van der Waals surface area contributed by atoms with Crippen molar-refractivity contribution in [2.75, 3.05) is 32.1 Å². The van der Waals surface area contributed by atoms with Gasteiger partial charge < -0.3 is 10.2 Å². The van der Waals surface area contributed by atoms with E-state index in [2.05, 4.69) is 50.3 Å². The van der Waals surface area contributed by atoms with Crippen LogP contribution < -0.4 is 10.2 Å². The Bertz CT molecular complexity index is 404. The molecule has 2 nitrogen and oxygen atoms in total. The number of piperidine rings is 1. The highest BCUT2D eigenvalue weighted by atomic mass is 15.1. The molecular weight excluding hydrogens is 220 g/mol. The molecule has 2 rings (SSSR count). The van der Waals surface area contributed by atoms with Gasteiger partial charge in [0.15, 0.2) is 0 Å². The molecule has 1 saturated heterocycles. The van der Waals surface area contributed by atoms with Gasteiger partial charge in [-0.3, -0.25) is 0 Å². The number of hydrogen-bond donors (Lipinski definition) is 1. The minimum absolute atomic E-state index is 0.854. The smallest absolute Gasteiger partial charge is 0.0396 e. The van der Waals surface area contributed by atoms with Gasteiger partial charge in [0.1, 0.15) is 0 Å². The SMILES string of the molecule is Cc1cc(CC2CCNCC2)c(N(C)C)cc1C. The number of anilines is 1. The van der Waals surface area contributed by atoms with Crippen molar-refractivity contribution in [3.63, 3.8) is 0 Å². The molecule has 1 aliphatic heterocycles. The van der Waals surface area contributed by atoms with Gasteiger partial charge in [-0.1, -0.05) is 6.07 Å². The van der Waals surface area contributed by atoms with Crippen LogP contribution in [0.4, 0.5) is 5.69 Å². The van der Waals surface area contributed by atoms with Crippen molar-refractivity contribution in [2.24, 2.45) is 5.92 Å². The average Bonchev–Trinajstić information content (AvgIpc) is 2.34. The van der Waals surface area contributed by atoms with Crippen LogP contribution >= 0.6 is 0 Å². The molecule has 0 aromatic heterocycles. The quantitative estimate of drug-likeness (QED) is 0.882. The largest absolute Gasteiger partial charge is 0.377 e. The Morgan fingerprint density at radius 3 is 2.33 bits per heavy atom. The van der Waals surface area contributed by atoms with E-state index in [4.69, 9.17) is 0 Å². The minimum Gasteiger partial charge on any atom is -0.377 e. The van der Waals surface area contributed by atoms with Crippen molar-refractivity contribution in [3.8, 4) is 0 Å². The summed E-state index contributed by atoms with van der Waals surface area (Å²) in [6.45, 7) is 6.80. The van der Waals surface area contributed by atoms with E-state index in [1.165, 1.54) is 54.7 Å². The topological polar surface area (TPSA) is 15.3 Å². The summed E-state index contributed by atoms with van der Waals surface area (Å²) >= 11 is 0. The first-order chi connectivity index (χ1) is 8.58. The molecule has 1 aromatic rings. The van der Waals surface area contributed by atoms with Crippen LogP contribution in [0, 0.1) is 19.8 Å². The van der Waals surface area contributed by atoms with Crippen LogP contribution in [-0.4, -0.2) is 27.2 Å². The third kappa shape index (κ3) is 3.05. The van der Waals surface area contributed by atoms with Crippen molar-refractivity contribution < 1.29 is 0 Å². The standard InChI is InChI=1S/C16H26N2/c1-12-9-15(11-14-5-7-17-8-6-14)16(18(3)4)10-13(12)2/h9-10,14,17H,5-8,11H2,1-4H3. The predicted octanol–water partition coefficient (Wildman–Crippen LogP) is 2.91. The Kier molecular flexibility index (Phi) is 4.28. The Hall–Kier alpha value is -1.02. The first-order valence-corrected chi connectivity index (χ1v) is 7.06. The lowest BCUT2D eigenvalue weighted by atomic mass is 9.89. The highest BCUT2D eigenvalue weighted by molar-refractivity contribution is 5.56. The van der Waals surface area contributed by atoms with Crippen LogP contribution in [0.1, 0.15) is 29.5 Å². The number of rotatable bonds is 3. The summed E-state index contributed by atoms with van der Waals surface area (Å²) in [5.41, 5.74) is 5.74. The van der Waals surface area contributed by atoms with Crippen LogP contribution in [0.25, 0.3) is 0 Å². The molecular formula is C16H26N2. The van der Waals surface area contributed by atoms with E-state index in [9.17, 15) is 0 Å². The van der Waals surface area contributed by atoms with Gasteiger partial charge in [0.05, 0.1) is 0 Å². The maximum Gasteiger partial charge on any atom is 0.0396 e. The van der Waals surface area contributed by atoms with Crippen LogP contribution in [-0.2, 0) is 6.42 Å². The van der Waals surface area contributed by atoms with Gasteiger partial charge >= 0.3 is 0 Å². The Morgan fingerprint density at radius 1 is 1.11 bits per heavy atom. The summed E-state index contributed by atoms with van der Waals surface area (Å²) in [7, 11) is 4.30. The molecule has 0 aliphatic carbocycles. The molecule has 1 aliphatic rings. The highest BCUT2D eigenvalue weighted by Crippen LogP contribution is 2.28. The second-order valence-corrected chi connectivity index (χ2v) is 5.86. The zero-order valence-electron chi connectivity index (χ0n) is 12.2. The van der Waals surface area contributed by atoms with Gasteiger partial charge in [0.2, 0.25) is 0 Å². The molecule has 0 spiro atoms. The van der Waals surface area contributed by atoms with Crippen molar-refractivity contribution >= 4 is 5.69 Å². The fourth-order valence-corrected chi connectivity index (χ4v) is 2.84. The Labute approximate surface area is 111 Å². The van der Waals surface area contributed by atoms with Crippen molar-refractivity contribution in [2.45, 2.75) is 33.1 Å². The van der Waals surface area contributed by atoms with Crippen molar-refractivity contribution in [3.05, 3.63) is 28.8 Å². The lowest BCUT2D eigenvalue weighted by Crippen LogP contribution is -2.29. The molecule has 100 valence electrons. The lowest BCUT2D eigenvalue weighted by Gasteiger charge is -2.26. The number of nitrogens with one attached hydrogen (secondary N) is 1. The summed E-state index contributed by atoms with van der Waals surface area (Å²) in [6.07, 6.45) is 3.87. The summed E-state index contributed by atoms with van der Waals surface area (Å²) < 4.78 is 0. The van der Waals surface area contributed by atoms with Crippen molar-refractivity contribution in [1.29, 1.82) is 0 Å². The maximum absolute atomic E-state index is 3.45. The average molecular weight is 246 g/mol. The van der Waals surface area contributed by atoms with Gasteiger partial charge in [0.25, 0.3) is 0 Å². The predicted molar refractivity (Wildman–Crippen MR) is 79.5 cm³/mol. The summed E-state index contributed by atoms with van der Waals surface area (Å²) in [5, 5.41) is 3.45. The lowest BCUT2D eigenvalue weighted by molar-refractivity contribution is 0.373. The zero-order chi connectivity index (χ0) is 13.1. The summed E-state index contributed by atoms with van der Waals surface area (Å²) in [4.78, 5) is 2.25. The van der Waals surface area contributed by atoms with E-state index < -0.39 is 0 Å². The van der Waals surface area contributed by atoms with Crippen molar-refractivity contribution in [1.82, 2.24) is 5.32 Å². The Balaban J connectivity index is 2.21. The van der Waals surface area contributed by atoms with E-state index in [1.54, 1.807) is 0 Å². The van der Waals surface area contributed by atoms with Gasteiger partial charge in [0, 0.05) is 19.8 Å². The Morgan fingerprint density at radius 2 is 1.72 bits per heavy atom. The normalized spacial score (nSPS) is 16.9. The molecule has 1 heterocycles. The number of aryl methyl sites for hydroxylation is 2. The van der Waals surface area contributed by atoms with E-state index >= 15 is 0 Å². The van der Waals surface area contributed by atoms with E-state index in [1.807, 2.05) is 0 Å². The molecule has 0 radical (unpaired) electrons. The molecule has 1 fully saturated rings. The second-order valence-electron chi connectivity index (χ2n) is 5.86. The molecule has 0 atom stereocenters. The fourth-order valence-electron chi connectivity index (χ4n) is 2.84. The summed E-state index contributed by atoms with van der Waals surface area (Å²) in [5.74, 6) is 0.854. The number of hydrogen-bond acceptors (Lipinski definition) is 2. The molecule has 0 saturated carbocycles. The van der Waals surface area contributed by atoms with Gasteiger partial charge in [-0.2, -0.15) is 0 Å². The van der Waals surface area contributed by atoms with Crippen LogP contribution in [0.2, 0.25) is 0 Å². The molecule has 2 heteroatoms. The first-order valence-electron chi connectivity index (χ1n) is 7.06. The molecule has 0 unspecified atom stereocenters. The third-order valence-electron chi connectivity index (χ3n) is 4.14. The molecule has 1 N–H and O–H groups in total. The second kappa shape index (κ2) is 5.75. The summed E-state index contributed by atoms with van der Waals surface area (Å²) in [6, 6.07) is 4.73. The maximum atomic E-state index is 3.45. The van der Waals surface area contributed by atoms with Crippen LogP contribution in [0.5, 0.6) is 0 Å². The fraction of sp³-hybridized carbons (Fsp3) is 0.625. The first kappa shape index (κ1) is 13.4. The van der Waals surface area contributed by atoms with E-state index in [-0.39, 0.29) is 0 Å². The van der Waals surface area contributed by atoms with Gasteiger partial charge in [-0.25, -0.2) is 0 Å². The monoisotopic (exact) mass is 246 g/mol.